The molecule has 3 heteroatoms. The van der Waals surface area contributed by atoms with Crippen molar-refractivity contribution in [3.8, 4) is 0 Å². The molecule has 2 fully saturated rings. The van der Waals surface area contributed by atoms with E-state index in [1.54, 1.807) is 6.26 Å². The monoisotopic (exact) mass is 276 g/mol. The lowest BCUT2D eigenvalue weighted by Gasteiger charge is -2.51. The fourth-order valence-corrected chi connectivity index (χ4v) is 4.24. The van der Waals surface area contributed by atoms with Crippen molar-refractivity contribution in [3.63, 3.8) is 0 Å². The number of furan rings is 1. The molecular formula is C17H28N2O. The third-order valence-electron chi connectivity index (χ3n) is 5.12. The van der Waals surface area contributed by atoms with E-state index in [1.165, 1.54) is 38.5 Å². The Hall–Kier alpha value is -0.800. The van der Waals surface area contributed by atoms with Gasteiger partial charge in [-0.05, 0) is 57.7 Å². The maximum atomic E-state index is 5.65. The third kappa shape index (κ3) is 2.79. The van der Waals surface area contributed by atoms with Crippen molar-refractivity contribution < 1.29 is 4.42 Å². The number of fused-ring (bicyclic) bond motifs is 2. The Bertz CT molecular complexity index is 389. The van der Waals surface area contributed by atoms with Crippen molar-refractivity contribution in [1.82, 2.24) is 10.2 Å². The van der Waals surface area contributed by atoms with Gasteiger partial charge >= 0.3 is 0 Å². The van der Waals surface area contributed by atoms with Crippen molar-refractivity contribution in [2.75, 3.05) is 6.54 Å². The molecule has 0 saturated carbocycles. The first kappa shape index (κ1) is 14.2. The Labute approximate surface area is 122 Å². The molecule has 3 nitrogen and oxygen atoms in total. The minimum atomic E-state index is 0.424. The van der Waals surface area contributed by atoms with Crippen LogP contribution in [0, 0.1) is 0 Å². The molecule has 1 aromatic rings. The van der Waals surface area contributed by atoms with Gasteiger partial charge in [-0.15, -0.1) is 0 Å². The molecular weight excluding hydrogens is 248 g/mol. The van der Waals surface area contributed by atoms with Crippen molar-refractivity contribution in [2.24, 2.45) is 0 Å². The summed E-state index contributed by atoms with van der Waals surface area (Å²) < 4.78 is 5.65. The Morgan fingerprint density at radius 2 is 2.10 bits per heavy atom. The standard InChI is InChI=1S/C17H28N2O/c1-3-9-18-14-11-15-6-4-7-16(12-14)19(15)13(2)17-8-5-10-20-17/h5,8,10,13-16,18H,3-4,6-7,9,11-12H2,1-2H3. The summed E-state index contributed by atoms with van der Waals surface area (Å²) in [6.07, 6.45) is 9.76. The van der Waals surface area contributed by atoms with Crippen LogP contribution in [0.25, 0.3) is 0 Å². The van der Waals surface area contributed by atoms with Gasteiger partial charge in [-0.1, -0.05) is 13.3 Å². The van der Waals surface area contributed by atoms with Gasteiger partial charge in [0, 0.05) is 18.1 Å². The number of nitrogens with zero attached hydrogens (tertiary/aromatic N) is 1. The van der Waals surface area contributed by atoms with Crippen molar-refractivity contribution in [1.29, 1.82) is 0 Å². The van der Waals surface area contributed by atoms with Crippen molar-refractivity contribution >= 4 is 0 Å². The molecule has 1 aromatic heterocycles. The minimum Gasteiger partial charge on any atom is -0.468 e. The summed E-state index contributed by atoms with van der Waals surface area (Å²) >= 11 is 0. The molecule has 0 amide bonds. The zero-order valence-corrected chi connectivity index (χ0v) is 12.8. The normalized spacial score (nSPS) is 32.2. The second-order valence-corrected chi connectivity index (χ2v) is 6.50. The van der Waals surface area contributed by atoms with E-state index in [0.29, 0.717) is 6.04 Å². The van der Waals surface area contributed by atoms with E-state index >= 15 is 0 Å². The highest BCUT2D eigenvalue weighted by molar-refractivity contribution is 5.07. The Balaban J connectivity index is 1.70. The predicted molar refractivity (Wildman–Crippen MR) is 81.7 cm³/mol. The molecule has 20 heavy (non-hydrogen) atoms. The highest BCUT2D eigenvalue weighted by Gasteiger charge is 2.41. The van der Waals surface area contributed by atoms with Gasteiger partial charge < -0.3 is 9.73 Å². The number of piperidine rings is 2. The Morgan fingerprint density at radius 1 is 1.35 bits per heavy atom. The van der Waals surface area contributed by atoms with E-state index in [-0.39, 0.29) is 0 Å². The zero-order valence-electron chi connectivity index (χ0n) is 12.8. The maximum absolute atomic E-state index is 5.65. The summed E-state index contributed by atoms with van der Waals surface area (Å²) in [4.78, 5) is 2.74. The van der Waals surface area contributed by atoms with Crippen LogP contribution >= 0.6 is 0 Å². The molecule has 2 saturated heterocycles. The first-order chi connectivity index (χ1) is 9.79. The molecule has 2 aliphatic rings. The van der Waals surface area contributed by atoms with Gasteiger partial charge in [0.05, 0.1) is 12.3 Å². The lowest BCUT2D eigenvalue weighted by Crippen LogP contribution is -2.56. The van der Waals surface area contributed by atoms with Crippen LogP contribution in [-0.4, -0.2) is 29.6 Å². The van der Waals surface area contributed by atoms with Crippen LogP contribution < -0.4 is 5.32 Å². The second-order valence-electron chi connectivity index (χ2n) is 6.50. The molecule has 2 bridgehead atoms. The van der Waals surface area contributed by atoms with Crippen LogP contribution in [0.4, 0.5) is 0 Å². The van der Waals surface area contributed by atoms with E-state index < -0.39 is 0 Å². The topological polar surface area (TPSA) is 28.4 Å². The van der Waals surface area contributed by atoms with Gasteiger partial charge in [-0.25, -0.2) is 0 Å². The molecule has 0 radical (unpaired) electrons. The fourth-order valence-electron chi connectivity index (χ4n) is 4.24. The lowest BCUT2D eigenvalue weighted by molar-refractivity contribution is -0.0123. The Morgan fingerprint density at radius 3 is 2.70 bits per heavy atom. The van der Waals surface area contributed by atoms with Crippen LogP contribution in [0.5, 0.6) is 0 Å². The highest BCUT2D eigenvalue weighted by atomic mass is 16.3. The summed E-state index contributed by atoms with van der Waals surface area (Å²) in [5, 5.41) is 3.74. The molecule has 3 rings (SSSR count). The van der Waals surface area contributed by atoms with E-state index in [4.69, 9.17) is 4.42 Å². The van der Waals surface area contributed by atoms with Gasteiger partial charge in [-0.3, -0.25) is 4.90 Å². The van der Waals surface area contributed by atoms with Crippen LogP contribution in [-0.2, 0) is 0 Å². The number of nitrogens with one attached hydrogen (secondary N) is 1. The predicted octanol–water partition coefficient (Wildman–Crippen LogP) is 3.73. The maximum Gasteiger partial charge on any atom is 0.120 e. The summed E-state index contributed by atoms with van der Waals surface area (Å²) in [6, 6.07) is 6.76. The minimum absolute atomic E-state index is 0.424. The van der Waals surface area contributed by atoms with Gasteiger partial charge in [0.1, 0.15) is 5.76 Å². The molecule has 3 unspecified atom stereocenters. The van der Waals surface area contributed by atoms with E-state index in [0.717, 1.165) is 30.4 Å². The molecule has 112 valence electrons. The van der Waals surface area contributed by atoms with Gasteiger partial charge in [0.2, 0.25) is 0 Å². The quantitative estimate of drug-likeness (QED) is 0.888. The summed E-state index contributed by atoms with van der Waals surface area (Å²) in [5.74, 6) is 1.13. The molecule has 0 aromatic carbocycles. The molecule has 3 atom stereocenters. The zero-order chi connectivity index (χ0) is 13.9. The molecule has 2 aliphatic heterocycles. The lowest BCUT2D eigenvalue weighted by atomic mass is 9.80. The number of hydrogen-bond donors (Lipinski definition) is 1. The number of rotatable bonds is 5. The SMILES string of the molecule is CCCNC1CC2CCCC(C1)N2C(C)c1ccco1. The third-order valence-corrected chi connectivity index (χ3v) is 5.12. The second kappa shape index (κ2) is 6.31. The molecule has 3 heterocycles. The first-order valence-corrected chi connectivity index (χ1v) is 8.33. The van der Waals surface area contributed by atoms with Crippen LogP contribution in [0.15, 0.2) is 22.8 Å². The van der Waals surface area contributed by atoms with E-state index in [1.807, 2.05) is 6.07 Å². The highest BCUT2D eigenvalue weighted by Crippen LogP contribution is 2.39. The average molecular weight is 276 g/mol. The van der Waals surface area contributed by atoms with Crippen molar-refractivity contribution in [3.05, 3.63) is 24.2 Å². The van der Waals surface area contributed by atoms with Crippen molar-refractivity contribution in [2.45, 2.75) is 76.5 Å². The van der Waals surface area contributed by atoms with E-state index in [9.17, 15) is 0 Å². The Kier molecular flexibility index (Phi) is 4.47. The molecule has 1 N–H and O–H groups in total. The largest absolute Gasteiger partial charge is 0.468 e. The smallest absolute Gasteiger partial charge is 0.120 e. The summed E-state index contributed by atoms with van der Waals surface area (Å²) in [7, 11) is 0. The summed E-state index contributed by atoms with van der Waals surface area (Å²) in [6.45, 7) is 5.73. The molecule has 0 spiro atoms. The fraction of sp³-hybridized carbons (Fsp3) is 0.765. The van der Waals surface area contributed by atoms with Gasteiger partial charge in [0.25, 0.3) is 0 Å². The van der Waals surface area contributed by atoms with Gasteiger partial charge in [-0.2, -0.15) is 0 Å². The first-order valence-electron chi connectivity index (χ1n) is 8.33. The number of hydrogen-bond acceptors (Lipinski definition) is 3. The summed E-state index contributed by atoms with van der Waals surface area (Å²) in [5.41, 5.74) is 0. The van der Waals surface area contributed by atoms with E-state index in [2.05, 4.69) is 30.1 Å². The molecule has 0 aliphatic carbocycles. The van der Waals surface area contributed by atoms with Crippen LogP contribution in [0.3, 0.4) is 0 Å². The van der Waals surface area contributed by atoms with Crippen LogP contribution in [0.1, 0.15) is 64.2 Å². The average Bonchev–Trinajstić information content (AvgIpc) is 2.97. The van der Waals surface area contributed by atoms with Crippen LogP contribution in [0.2, 0.25) is 0 Å². The van der Waals surface area contributed by atoms with Gasteiger partial charge in [0.15, 0.2) is 0 Å².